The Morgan fingerprint density at radius 2 is 1.87 bits per heavy atom. The molecule has 2 aromatic carbocycles. The van der Waals surface area contributed by atoms with Crippen LogP contribution in [0.4, 0.5) is 10.1 Å². The molecule has 8 nitrogen and oxygen atoms in total. The Balaban J connectivity index is 1.54. The normalized spacial score (nSPS) is 17.9. The van der Waals surface area contributed by atoms with E-state index in [1.165, 1.54) is 36.4 Å². The molecule has 152 valence electrons. The molecule has 1 atom stereocenters. The van der Waals surface area contributed by atoms with Gasteiger partial charge in [-0.3, -0.25) is 34.2 Å². The van der Waals surface area contributed by atoms with Gasteiger partial charge in [0.25, 0.3) is 11.8 Å². The van der Waals surface area contributed by atoms with Gasteiger partial charge in [0.1, 0.15) is 11.9 Å². The van der Waals surface area contributed by atoms with Crippen LogP contribution in [-0.4, -0.2) is 40.5 Å². The van der Waals surface area contributed by atoms with E-state index in [9.17, 15) is 28.4 Å². The molecule has 0 aliphatic carbocycles. The monoisotopic (exact) mass is 429 g/mol. The van der Waals surface area contributed by atoms with Crippen LogP contribution in [0.3, 0.4) is 0 Å². The average Bonchev–Trinajstić information content (AvgIpc) is 3.14. The number of benzene rings is 2. The molecule has 1 fully saturated rings. The highest BCUT2D eigenvalue weighted by Gasteiger charge is 2.46. The van der Waals surface area contributed by atoms with Gasteiger partial charge in [-0.15, -0.1) is 0 Å². The Kier molecular flexibility index (Phi) is 4.83. The van der Waals surface area contributed by atoms with E-state index in [0.29, 0.717) is 0 Å². The summed E-state index contributed by atoms with van der Waals surface area (Å²) < 4.78 is 13.9. The zero-order valence-electron chi connectivity index (χ0n) is 15.2. The Bertz CT molecular complexity index is 1130. The summed E-state index contributed by atoms with van der Waals surface area (Å²) in [5.74, 6) is -3.91. The summed E-state index contributed by atoms with van der Waals surface area (Å²) in [6.07, 6.45) is -0.622. The summed E-state index contributed by atoms with van der Waals surface area (Å²) in [6, 6.07) is 6.92. The molecule has 1 unspecified atom stereocenters. The fraction of sp³-hybridized carbons (Fsp3) is 0.150. The highest BCUT2D eigenvalue weighted by atomic mass is 35.5. The molecule has 0 spiro atoms. The zero-order valence-corrected chi connectivity index (χ0v) is 16.0. The van der Waals surface area contributed by atoms with Crippen molar-refractivity contribution in [3.63, 3.8) is 0 Å². The van der Waals surface area contributed by atoms with E-state index < -0.39 is 41.4 Å². The van der Waals surface area contributed by atoms with Gasteiger partial charge in [0.2, 0.25) is 17.7 Å². The standard InChI is InChI=1S/C20H13ClFN3O5/c21-13-2-1-3-14(22)12(13)7-16(26)23-9-4-5-10-11(6-9)20(30)25(19(10)29)15-8-17(27)24-18(15)28/h1-6,15H,7-8H2,(H,23,26)(H,24,27,28). The van der Waals surface area contributed by atoms with E-state index in [1.54, 1.807) is 0 Å². The molecule has 30 heavy (non-hydrogen) atoms. The van der Waals surface area contributed by atoms with Crippen LogP contribution in [-0.2, 0) is 20.8 Å². The first-order valence-corrected chi connectivity index (χ1v) is 9.22. The first kappa shape index (κ1) is 19.7. The topological polar surface area (TPSA) is 113 Å². The molecule has 2 aliphatic heterocycles. The Hall–Kier alpha value is -3.59. The SMILES string of the molecule is O=C1CC(N2C(=O)c3ccc(NC(=O)Cc4c(F)cccc4Cl)cc3C2=O)C(=O)N1. The van der Waals surface area contributed by atoms with Gasteiger partial charge < -0.3 is 5.32 Å². The van der Waals surface area contributed by atoms with Crippen LogP contribution in [0.25, 0.3) is 0 Å². The van der Waals surface area contributed by atoms with Crippen LogP contribution < -0.4 is 10.6 Å². The van der Waals surface area contributed by atoms with Crippen molar-refractivity contribution < 1.29 is 28.4 Å². The Morgan fingerprint density at radius 1 is 1.13 bits per heavy atom. The van der Waals surface area contributed by atoms with Gasteiger partial charge in [-0.25, -0.2) is 4.39 Å². The van der Waals surface area contributed by atoms with Gasteiger partial charge in [-0.1, -0.05) is 17.7 Å². The van der Waals surface area contributed by atoms with E-state index in [-0.39, 0.29) is 40.2 Å². The second-order valence-corrected chi connectivity index (χ2v) is 7.21. The number of carbonyl (C=O) groups is 5. The quantitative estimate of drug-likeness (QED) is 0.718. The molecule has 2 aromatic rings. The molecule has 10 heteroatoms. The largest absolute Gasteiger partial charge is 0.326 e. The van der Waals surface area contributed by atoms with E-state index in [2.05, 4.69) is 10.6 Å². The van der Waals surface area contributed by atoms with Crippen LogP contribution in [0.5, 0.6) is 0 Å². The van der Waals surface area contributed by atoms with Crippen LogP contribution in [0.15, 0.2) is 36.4 Å². The number of nitrogens with zero attached hydrogens (tertiary/aromatic N) is 1. The highest BCUT2D eigenvalue weighted by Crippen LogP contribution is 2.29. The van der Waals surface area contributed by atoms with Gasteiger partial charge in [-0.05, 0) is 30.3 Å². The van der Waals surface area contributed by atoms with Gasteiger partial charge >= 0.3 is 0 Å². The predicted octanol–water partition coefficient (Wildman–Crippen LogP) is 1.67. The first-order chi connectivity index (χ1) is 14.3. The number of halogens is 2. The average molecular weight is 430 g/mol. The minimum Gasteiger partial charge on any atom is -0.326 e. The summed E-state index contributed by atoms with van der Waals surface area (Å²) in [5.41, 5.74) is 0.296. The third-order valence-corrected chi connectivity index (χ3v) is 5.21. The van der Waals surface area contributed by atoms with Gasteiger partial charge in [-0.2, -0.15) is 0 Å². The maximum absolute atomic E-state index is 13.9. The fourth-order valence-corrected chi connectivity index (χ4v) is 3.67. The minimum atomic E-state index is -1.20. The Labute approximate surface area is 174 Å². The predicted molar refractivity (Wildman–Crippen MR) is 102 cm³/mol. The van der Waals surface area contributed by atoms with Crippen molar-refractivity contribution in [3.8, 4) is 0 Å². The number of rotatable bonds is 4. The summed E-state index contributed by atoms with van der Waals surface area (Å²) in [6.45, 7) is 0. The first-order valence-electron chi connectivity index (χ1n) is 8.84. The van der Waals surface area contributed by atoms with Crippen LogP contribution in [0.1, 0.15) is 32.7 Å². The number of amides is 5. The summed E-state index contributed by atoms with van der Waals surface area (Å²) in [4.78, 5) is 61.6. The van der Waals surface area contributed by atoms with E-state index in [1.807, 2.05) is 0 Å². The van der Waals surface area contributed by atoms with Crippen molar-refractivity contribution in [1.82, 2.24) is 10.2 Å². The van der Waals surface area contributed by atoms with Crippen LogP contribution >= 0.6 is 11.6 Å². The fourth-order valence-electron chi connectivity index (χ4n) is 3.44. The summed E-state index contributed by atoms with van der Waals surface area (Å²) in [5, 5.41) is 4.70. The second-order valence-electron chi connectivity index (χ2n) is 6.80. The molecule has 0 radical (unpaired) electrons. The van der Waals surface area contributed by atoms with Gasteiger partial charge in [0.05, 0.1) is 24.0 Å². The maximum atomic E-state index is 13.9. The lowest BCUT2D eigenvalue weighted by Crippen LogP contribution is -2.44. The number of hydrogen-bond donors (Lipinski definition) is 2. The van der Waals surface area contributed by atoms with E-state index in [0.717, 1.165) is 4.90 Å². The number of nitrogens with one attached hydrogen (secondary N) is 2. The van der Waals surface area contributed by atoms with Crippen molar-refractivity contribution in [2.75, 3.05) is 5.32 Å². The van der Waals surface area contributed by atoms with Crippen LogP contribution in [0.2, 0.25) is 5.02 Å². The maximum Gasteiger partial charge on any atom is 0.262 e. The molecule has 2 heterocycles. The molecule has 1 saturated heterocycles. The lowest BCUT2D eigenvalue weighted by atomic mass is 10.1. The number of hydrogen-bond acceptors (Lipinski definition) is 5. The van der Waals surface area contributed by atoms with Crippen molar-refractivity contribution in [1.29, 1.82) is 0 Å². The highest BCUT2D eigenvalue weighted by molar-refractivity contribution is 6.31. The lowest BCUT2D eigenvalue weighted by Gasteiger charge is -2.18. The lowest BCUT2D eigenvalue weighted by molar-refractivity contribution is -0.126. The number of fused-ring (bicyclic) bond motifs is 1. The third-order valence-electron chi connectivity index (χ3n) is 4.86. The van der Waals surface area contributed by atoms with Gasteiger partial charge in [0, 0.05) is 16.3 Å². The van der Waals surface area contributed by atoms with Gasteiger partial charge in [0.15, 0.2) is 0 Å². The zero-order chi connectivity index (χ0) is 21.6. The van der Waals surface area contributed by atoms with Crippen molar-refractivity contribution in [2.24, 2.45) is 0 Å². The molecule has 0 aromatic heterocycles. The molecule has 2 N–H and O–H groups in total. The molecule has 0 saturated carbocycles. The molecule has 4 rings (SSSR count). The summed E-state index contributed by atoms with van der Waals surface area (Å²) >= 11 is 5.92. The molecular formula is C20H13ClFN3O5. The molecule has 5 amide bonds. The van der Waals surface area contributed by atoms with E-state index in [4.69, 9.17) is 11.6 Å². The minimum absolute atomic E-state index is 0.00567. The second kappa shape index (κ2) is 7.34. The van der Waals surface area contributed by atoms with E-state index >= 15 is 0 Å². The number of imide groups is 2. The van der Waals surface area contributed by atoms with Crippen LogP contribution in [0, 0.1) is 5.82 Å². The Morgan fingerprint density at radius 3 is 2.53 bits per heavy atom. The molecule has 0 bridgehead atoms. The number of carbonyl (C=O) groups excluding carboxylic acids is 5. The molecule has 2 aliphatic rings. The smallest absolute Gasteiger partial charge is 0.262 e. The number of anilines is 1. The molecular weight excluding hydrogens is 417 g/mol. The van der Waals surface area contributed by atoms with Crippen molar-refractivity contribution in [3.05, 3.63) is 63.9 Å². The third kappa shape index (κ3) is 3.33. The van der Waals surface area contributed by atoms with Crippen molar-refractivity contribution in [2.45, 2.75) is 18.9 Å². The van der Waals surface area contributed by atoms with Crippen molar-refractivity contribution >= 4 is 46.8 Å². The summed E-state index contributed by atoms with van der Waals surface area (Å²) in [7, 11) is 0.